The van der Waals surface area contributed by atoms with Gasteiger partial charge < -0.3 is 9.73 Å². The molecule has 0 radical (unpaired) electrons. The number of aryl methyl sites for hydroxylation is 1. The van der Waals surface area contributed by atoms with E-state index in [1.807, 2.05) is 43.3 Å². The molecule has 0 fully saturated rings. The number of hydrogen-bond donors (Lipinski definition) is 1. The van der Waals surface area contributed by atoms with Gasteiger partial charge in [-0.1, -0.05) is 23.7 Å². The highest BCUT2D eigenvalue weighted by molar-refractivity contribution is 6.30. The molecule has 0 aliphatic carbocycles. The van der Waals surface area contributed by atoms with E-state index in [1.165, 1.54) is 5.56 Å². The highest BCUT2D eigenvalue weighted by atomic mass is 35.5. The van der Waals surface area contributed by atoms with Crippen LogP contribution in [0.2, 0.25) is 5.02 Å². The largest absolute Gasteiger partial charge is 0.465 e. The lowest BCUT2D eigenvalue weighted by Gasteiger charge is -2.19. The lowest BCUT2D eigenvalue weighted by molar-refractivity contribution is 0.392. The Morgan fingerprint density at radius 1 is 1.00 bits per heavy atom. The van der Waals surface area contributed by atoms with Crippen LogP contribution in [-0.4, -0.2) is 0 Å². The van der Waals surface area contributed by atoms with E-state index in [-0.39, 0.29) is 12.1 Å². The smallest absolute Gasteiger partial charge is 0.120 e. The molecule has 96 valence electrons. The van der Waals surface area contributed by atoms with Crippen LogP contribution in [0.15, 0.2) is 40.8 Å². The minimum Gasteiger partial charge on any atom is -0.465 e. The predicted molar refractivity (Wildman–Crippen MR) is 74.9 cm³/mol. The molecule has 1 aromatic heterocycles. The maximum atomic E-state index is 5.89. The number of halogens is 1. The summed E-state index contributed by atoms with van der Waals surface area (Å²) < 4.78 is 5.62. The number of benzene rings is 1. The lowest BCUT2D eigenvalue weighted by Crippen LogP contribution is -2.22. The Morgan fingerprint density at radius 3 is 2.22 bits per heavy atom. The Balaban J connectivity index is 2.02. The molecule has 18 heavy (non-hydrogen) atoms. The van der Waals surface area contributed by atoms with Crippen LogP contribution in [0.1, 0.15) is 43.0 Å². The van der Waals surface area contributed by atoms with Crippen molar-refractivity contribution in [2.24, 2.45) is 0 Å². The van der Waals surface area contributed by atoms with Crippen LogP contribution in [0, 0.1) is 6.92 Å². The van der Waals surface area contributed by atoms with Crippen LogP contribution in [0.3, 0.4) is 0 Å². The molecule has 1 heterocycles. The zero-order valence-corrected chi connectivity index (χ0v) is 11.7. The summed E-state index contributed by atoms with van der Waals surface area (Å²) in [4.78, 5) is 0. The van der Waals surface area contributed by atoms with Gasteiger partial charge in [0.1, 0.15) is 11.5 Å². The molecule has 0 aliphatic rings. The van der Waals surface area contributed by atoms with Gasteiger partial charge in [-0.05, 0) is 50.6 Å². The molecule has 1 unspecified atom stereocenters. The number of rotatable bonds is 4. The maximum Gasteiger partial charge on any atom is 0.120 e. The van der Waals surface area contributed by atoms with E-state index in [9.17, 15) is 0 Å². The summed E-state index contributed by atoms with van der Waals surface area (Å²) in [5.74, 6) is 1.91. The first-order valence-electron chi connectivity index (χ1n) is 6.14. The van der Waals surface area contributed by atoms with Crippen LogP contribution < -0.4 is 5.32 Å². The van der Waals surface area contributed by atoms with Crippen LogP contribution in [0.5, 0.6) is 0 Å². The van der Waals surface area contributed by atoms with Gasteiger partial charge in [0.2, 0.25) is 0 Å². The molecule has 0 spiro atoms. The summed E-state index contributed by atoms with van der Waals surface area (Å²) in [5, 5.41) is 4.27. The van der Waals surface area contributed by atoms with Gasteiger partial charge in [-0.25, -0.2) is 0 Å². The minimum absolute atomic E-state index is 0.185. The summed E-state index contributed by atoms with van der Waals surface area (Å²) >= 11 is 5.89. The van der Waals surface area contributed by atoms with Crippen molar-refractivity contribution in [2.75, 3.05) is 0 Å². The van der Waals surface area contributed by atoms with Gasteiger partial charge in [-0.15, -0.1) is 0 Å². The quantitative estimate of drug-likeness (QED) is 0.868. The molecule has 2 atom stereocenters. The van der Waals surface area contributed by atoms with Crippen molar-refractivity contribution in [3.8, 4) is 0 Å². The van der Waals surface area contributed by atoms with Gasteiger partial charge >= 0.3 is 0 Å². The van der Waals surface area contributed by atoms with Crippen LogP contribution in [-0.2, 0) is 0 Å². The van der Waals surface area contributed by atoms with Gasteiger partial charge in [0.25, 0.3) is 0 Å². The van der Waals surface area contributed by atoms with E-state index in [0.717, 1.165) is 16.5 Å². The SMILES string of the molecule is Cc1ccc(C(C)N[C@@H](C)c2ccc(Cl)cc2)o1. The van der Waals surface area contributed by atoms with E-state index in [4.69, 9.17) is 16.0 Å². The van der Waals surface area contributed by atoms with E-state index < -0.39 is 0 Å². The van der Waals surface area contributed by atoms with Crippen molar-refractivity contribution in [3.05, 3.63) is 58.5 Å². The van der Waals surface area contributed by atoms with Crippen molar-refractivity contribution in [3.63, 3.8) is 0 Å². The molecular weight excluding hydrogens is 246 g/mol. The highest BCUT2D eigenvalue weighted by Gasteiger charge is 2.13. The fourth-order valence-electron chi connectivity index (χ4n) is 1.99. The summed E-state index contributed by atoms with van der Waals surface area (Å²) in [6.07, 6.45) is 0. The first-order chi connectivity index (χ1) is 8.56. The van der Waals surface area contributed by atoms with E-state index in [0.29, 0.717) is 0 Å². The Kier molecular flexibility index (Phi) is 4.10. The molecule has 1 N–H and O–H groups in total. The fraction of sp³-hybridized carbons (Fsp3) is 0.333. The number of furan rings is 1. The summed E-state index contributed by atoms with van der Waals surface area (Å²) in [6.45, 7) is 6.19. The monoisotopic (exact) mass is 263 g/mol. The van der Waals surface area contributed by atoms with Crippen molar-refractivity contribution in [1.29, 1.82) is 0 Å². The van der Waals surface area contributed by atoms with Gasteiger partial charge in [0, 0.05) is 11.1 Å². The molecule has 0 saturated heterocycles. The summed E-state index contributed by atoms with van der Waals surface area (Å²) in [7, 11) is 0. The van der Waals surface area contributed by atoms with Crippen LogP contribution in [0.25, 0.3) is 0 Å². The molecule has 3 heteroatoms. The predicted octanol–water partition coefficient (Wildman–Crippen LogP) is 4.65. The van der Waals surface area contributed by atoms with Crippen molar-refractivity contribution < 1.29 is 4.42 Å². The zero-order chi connectivity index (χ0) is 13.1. The minimum atomic E-state index is 0.185. The molecule has 0 bridgehead atoms. The van der Waals surface area contributed by atoms with Crippen LogP contribution in [0.4, 0.5) is 0 Å². The van der Waals surface area contributed by atoms with E-state index in [1.54, 1.807) is 0 Å². The second kappa shape index (κ2) is 5.59. The fourth-order valence-corrected chi connectivity index (χ4v) is 2.12. The first-order valence-corrected chi connectivity index (χ1v) is 6.52. The maximum absolute atomic E-state index is 5.89. The molecule has 0 saturated carbocycles. The molecular formula is C15H18ClNO. The third kappa shape index (κ3) is 3.15. The Labute approximate surface area is 113 Å². The average molecular weight is 264 g/mol. The average Bonchev–Trinajstić information content (AvgIpc) is 2.76. The number of hydrogen-bond acceptors (Lipinski definition) is 2. The van der Waals surface area contributed by atoms with Crippen LogP contribution >= 0.6 is 11.6 Å². The lowest BCUT2D eigenvalue weighted by atomic mass is 10.1. The molecule has 0 aliphatic heterocycles. The normalized spacial score (nSPS) is 14.4. The third-order valence-corrected chi connectivity index (χ3v) is 3.31. The summed E-state index contributed by atoms with van der Waals surface area (Å²) in [6, 6.07) is 12.3. The molecule has 1 aromatic carbocycles. The summed E-state index contributed by atoms with van der Waals surface area (Å²) in [5.41, 5.74) is 1.22. The molecule has 2 rings (SSSR count). The molecule has 0 amide bonds. The standard InChI is InChI=1S/C15H18ClNO/c1-10-4-9-15(18-10)12(3)17-11(2)13-5-7-14(16)8-6-13/h4-9,11-12,17H,1-3H3/t11-,12?/m0/s1. The van der Waals surface area contributed by atoms with Crippen molar-refractivity contribution in [2.45, 2.75) is 32.9 Å². The first kappa shape index (κ1) is 13.2. The highest BCUT2D eigenvalue weighted by Crippen LogP contribution is 2.22. The number of nitrogens with one attached hydrogen (secondary N) is 1. The Hall–Kier alpha value is -1.25. The van der Waals surface area contributed by atoms with Crippen molar-refractivity contribution in [1.82, 2.24) is 5.32 Å². The Bertz CT molecular complexity index is 503. The second-order valence-electron chi connectivity index (χ2n) is 4.61. The van der Waals surface area contributed by atoms with E-state index in [2.05, 4.69) is 19.2 Å². The molecule has 2 nitrogen and oxygen atoms in total. The second-order valence-corrected chi connectivity index (χ2v) is 5.05. The van der Waals surface area contributed by atoms with Gasteiger partial charge in [-0.2, -0.15) is 0 Å². The van der Waals surface area contributed by atoms with Gasteiger partial charge in [-0.3, -0.25) is 0 Å². The van der Waals surface area contributed by atoms with Crippen molar-refractivity contribution >= 4 is 11.6 Å². The van der Waals surface area contributed by atoms with Gasteiger partial charge in [0.05, 0.1) is 6.04 Å². The molecule has 2 aromatic rings. The van der Waals surface area contributed by atoms with E-state index >= 15 is 0 Å². The topological polar surface area (TPSA) is 25.2 Å². The third-order valence-electron chi connectivity index (χ3n) is 3.06. The zero-order valence-electron chi connectivity index (χ0n) is 10.9. The van der Waals surface area contributed by atoms with Gasteiger partial charge in [0.15, 0.2) is 0 Å². The Morgan fingerprint density at radius 2 is 1.67 bits per heavy atom.